The molecule has 0 heterocycles. The molecule has 44 valence electrons. The second-order valence-electron chi connectivity index (χ2n) is 1.77. The third kappa shape index (κ3) is 1.82. The van der Waals surface area contributed by atoms with Crippen molar-refractivity contribution in [2.45, 2.75) is 12.8 Å². The van der Waals surface area contributed by atoms with Gasteiger partial charge in [-0.2, -0.15) is 0 Å². The quantitative estimate of drug-likeness (QED) is 0.486. The summed E-state index contributed by atoms with van der Waals surface area (Å²) in [5, 5.41) is 0. The molecule has 0 atom stereocenters. The summed E-state index contributed by atoms with van der Waals surface area (Å²) in [6, 6.07) is 0. The Morgan fingerprint density at radius 1 is 1.38 bits per heavy atom. The minimum atomic E-state index is 1.12. The maximum atomic E-state index is 4.22. The maximum absolute atomic E-state index is 4.22. The topological polar surface area (TPSA) is 0 Å². The third-order valence-electron chi connectivity index (χ3n) is 1.08. The summed E-state index contributed by atoms with van der Waals surface area (Å²) in [4.78, 5) is 1.20. The van der Waals surface area contributed by atoms with E-state index in [0.717, 1.165) is 6.42 Å². The van der Waals surface area contributed by atoms with Crippen molar-refractivity contribution in [1.82, 2.24) is 0 Å². The molecule has 0 aliphatic heterocycles. The zero-order valence-electron chi connectivity index (χ0n) is 4.39. The van der Waals surface area contributed by atoms with Crippen molar-refractivity contribution >= 4 is 35.2 Å². The number of hydrogen-bond donors (Lipinski definition) is 1. The van der Waals surface area contributed by atoms with Crippen LogP contribution in [0.25, 0.3) is 0 Å². The monoisotopic (exact) mass is 238 g/mol. The van der Waals surface area contributed by atoms with Gasteiger partial charge in [-0.15, -0.1) is 12.6 Å². The molecule has 0 unspecified atom stereocenters. The van der Waals surface area contributed by atoms with Crippen LogP contribution in [0.1, 0.15) is 12.8 Å². The lowest BCUT2D eigenvalue weighted by molar-refractivity contribution is 1.02. The van der Waals surface area contributed by atoms with E-state index in [1.54, 1.807) is 0 Å². The van der Waals surface area contributed by atoms with Crippen LogP contribution in [0.5, 0.6) is 0 Å². The summed E-state index contributed by atoms with van der Waals surface area (Å²) >= 11 is 6.56. The molecule has 0 radical (unpaired) electrons. The highest BCUT2D eigenvalue weighted by atomic mass is 127. The molecule has 0 fully saturated rings. The van der Waals surface area contributed by atoms with E-state index in [4.69, 9.17) is 0 Å². The summed E-state index contributed by atoms with van der Waals surface area (Å²) < 4.78 is 1.43. The number of hydrogen-bond acceptors (Lipinski definition) is 1. The molecule has 0 aromatic rings. The number of thiol groups is 1. The Morgan fingerprint density at radius 2 is 2.12 bits per heavy atom. The second-order valence-corrected chi connectivity index (χ2v) is 3.73. The van der Waals surface area contributed by atoms with Crippen molar-refractivity contribution in [1.29, 1.82) is 0 Å². The van der Waals surface area contributed by atoms with E-state index in [2.05, 4.69) is 47.4 Å². The summed E-state index contributed by atoms with van der Waals surface area (Å²) in [6.07, 6.45) is 6.48. The average Bonchev–Trinajstić information content (AvgIpc) is 1.77. The van der Waals surface area contributed by atoms with Crippen LogP contribution in [0.3, 0.4) is 0 Å². The fraction of sp³-hybridized carbons (Fsp3) is 0.333. The van der Waals surface area contributed by atoms with Gasteiger partial charge in [0.25, 0.3) is 0 Å². The molecule has 0 nitrogen and oxygen atoms in total. The van der Waals surface area contributed by atoms with Crippen LogP contribution in [0.15, 0.2) is 20.6 Å². The lowest BCUT2D eigenvalue weighted by atomic mass is 10.2. The number of halogens is 1. The van der Waals surface area contributed by atoms with Gasteiger partial charge in [0, 0.05) is 0 Å². The van der Waals surface area contributed by atoms with Crippen molar-refractivity contribution in [2.75, 3.05) is 0 Å². The molecular formula is C6H7IS. The third-order valence-corrected chi connectivity index (χ3v) is 2.35. The first-order chi connectivity index (χ1) is 3.79. The zero-order chi connectivity index (χ0) is 5.98. The fourth-order valence-corrected chi connectivity index (χ4v) is 1.24. The van der Waals surface area contributed by atoms with Crippen LogP contribution in [0, 0.1) is 0 Å². The highest BCUT2D eigenvalue weighted by molar-refractivity contribution is 14.1. The van der Waals surface area contributed by atoms with Crippen LogP contribution in [-0.4, -0.2) is 0 Å². The van der Waals surface area contributed by atoms with Gasteiger partial charge in [0.2, 0.25) is 0 Å². The van der Waals surface area contributed by atoms with E-state index >= 15 is 0 Å². The van der Waals surface area contributed by atoms with Gasteiger partial charge in [0.05, 0.1) is 0 Å². The fourth-order valence-electron chi connectivity index (χ4n) is 0.601. The lowest BCUT2D eigenvalue weighted by Gasteiger charge is -2.03. The molecular weight excluding hydrogens is 231 g/mol. The van der Waals surface area contributed by atoms with Crippen LogP contribution in [0.2, 0.25) is 0 Å². The Kier molecular flexibility index (Phi) is 2.43. The first kappa shape index (κ1) is 6.68. The maximum Gasteiger partial charge on any atom is -0.00903 e. The predicted octanol–water partition coefficient (Wildman–Crippen LogP) is 2.91. The molecule has 8 heavy (non-hydrogen) atoms. The summed E-state index contributed by atoms with van der Waals surface area (Å²) in [7, 11) is 0. The van der Waals surface area contributed by atoms with E-state index in [9.17, 15) is 0 Å². The number of rotatable bonds is 0. The molecule has 2 heteroatoms. The van der Waals surface area contributed by atoms with Crippen molar-refractivity contribution in [2.24, 2.45) is 0 Å². The molecule has 0 saturated carbocycles. The Hall–Kier alpha value is 0.560. The van der Waals surface area contributed by atoms with Crippen molar-refractivity contribution in [3.8, 4) is 0 Å². The minimum absolute atomic E-state index is 1.12. The Labute approximate surface area is 68.6 Å². The van der Waals surface area contributed by atoms with Crippen molar-refractivity contribution < 1.29 is 0 Å². The highest BCUT2D eigenvalue weighted by Gasteiger charge is 1.98. The van der Waals surface area contributed by atoms with E-state index in [-0.39, 0.29) is 0 Å². The summed E-state index contributed by atoms with van der Waals surface area (Å²) in [5.74, 6) is 0. The number of allylic oxidation sites excluding steroid dienone is 4. The normalized spacial score (nSPS) is 19.8. The van der Waals surface area contributed by atoms with Gasteiger partial charge >= 0.3 is 0 Å². The molecule has 0 bridgehead atoms. The van der Waals surface area contributed by atoms with Crippen LogP contribution < -0.4 is 0 Å². The second kappa shape index (κ2) is 2.92. The van der Waals surface area contributed by atoms with Gasteiger partial charge in [0.1, 0.15) is 0 Å². The van der Waals surface area contributed by atoms with Crippen LogP contribution >= 0.6 is 35.2 Å². The summed E-state index contributed by atoms with van der Waals surface area (Å²) in [5.41, 5.74) is 0. The lowest BCUT2D eigenvalue weighted by Crippen LogP contribution is -1.81. The van der Waals surface area contributed by atoms with Gasteiger partial charge in [0.15, 0.2) is 0 Å². The molecule has 0 spiro atoms. The van der Waals surface area contributed by atoms with Gasteiger partial charge in [-0.05, 0) is 43.9 Å². The molecule has 1 rings (SSSR count). The SMILES string of the molecule is SC1=CC=C(I)CC1. The Balaban J connectivity index is 2.65. The average molecular weight is 238 g/mol. The first-order valence-corrected chi connectivity index (χ1v) is 4.06. The predicted molar refractivity (Wildman–Crippen MR) is 48.4 cm³/mol. The largest absolute Gasteiger partial charge is 0.148 e. The smallest absolute Gasteiger partial charge is 0.00903 e. The minimum Gasteiger partial charge on any atom is -0.148 e. The van der Waals surface area contributed by atoms with Gasteiger partial charge in [-0.3, -0.25) is 0 Å². The van der Waals surface area contributed by atoms with Gasteiger partial charge in [-0.25, -0.2) is 0 Å². The van der Waals surface area contributed by atoms with Crippen LogP contribution in [0.4, 0.5) is 0 Å². The van der Waals surface area contributed by atoms with Crippen LogP contribution in [-0.2, 0) is 0 Å². The molecule has 0 aromatic carbocycles. The summed E-state index contributed by atoms with van der Waals surface area (Å²) in [6.45, 7) is 0. The van der Waals surface area contributed by atoms with E-state index in [1.807, 2.05) is 0 Å². The Morgan fingerprint density at radius 3 is 2.50 bits per heavy atom. The van der Waals surface area contributed by atoms with E-state index in [1.165, 1.54) is 14.9 Å². The molecule has 0 N–H and O–H groups in total. The van der Waals surface area contributed by atoms with Crippen molar-refractivity contribution in [3.05, 3.63) is 20.6 Å². The van der Waals surface area contributed by atoms with E-state index in [0.29, 0.717) is 0 Å². The standard InChI is InChI=1S/C6H7IS/c7-5-1-3-6(8)4-2-5/h1,3,8H,2,4H2. The van der Waals surface area contributed by atoms with Crippen molar-refractivity contribution in [3.63, 3.8) is 0 Å². The molecule has 1 aliphatic rings. The molecule has 0 saturated heterocycles. The first-order valence-electron chi connectivity index (χ1n) is 2.53. The van der Waals surface area contributed by atoms with Gasteiger partial charge < -0.3 is 0 Å². The zero-order valence-corrected chi connectivity index (χ0v) is 7.45. The molecule has 0 amide bonds. The molecule has 1 aliphatic carbocycles. The van der Waals surface area contributed by atoms with E-state index < -0.39 is 0 Å². The molecule has 0 aromatic heterocycles. The van der Waals surface area contributed by atoms with Gasteiger partial charge in [-0.1, -0.05) is 12.2 Å². The Bertz CT molecular complexity index is 129. The highest BCUT2D eigenvalue weighted by Crippen LogP contribution is 2.24.